The maximum atomic E-state index is 11.5. The first-order valence-electron chi connectivity index (χ1n) is 6.39. The molecule has 20 heavy (non-hydrogen) atoms. The summed E-state index contributed by atoms with van der Waals surface area (Å²) in [5.74, 6) is -0.109. The summed E-state index contributed by atoms with van der Waals surface area (Å²) >= 11 is 0. The van der Waals surface area contributed by atoms with Crippen LogP contribution in [0, 0.1) is 6.92 Å². The minimum absolute atomic E-state index is 0.0510. The first-order chi connectivity index (χ1) is 9.51. The van der Waals surface area contributed by atoms with Crippen molar-refractivity contribution in [3.05, 3.63) is 29.3 Å². The van der Waals surface area contributed by atoms with Crippen molar-refractivity contribution in [2.24, 2.45) is 0 Å². The number of carbonyl (C=O) groups is 2. The van der Waals surface area contributed by atoms with Crippen LogP contribution >= 0.6 is 0 Å². The van der Waals surface area contributed by atoms with Crippen molar-refractivity contribution in [3.8, 4) is 5.75 Å². The third-order valence-electron chi connectivity index (χ3n) is 2.65. The average molecular weight is 280 g/mol. The van der Waals surface area contributed by atoms with E-state index in [9.17, 15) is 9.59 Å². The van der Waals surface area contributed by atoms with Gasteiger partial charge in [-0.25, -0.2) is 4.79 Å². The number of aliphatic carboxylic acids is 1. The van der Waals surface area contributed by atoms with Crippen LogP contribution in [0.4, 0.5) is 4.79 Å². The number of amides is 2. The van der Waals surface area contributed by atoms with Gasteiger partial charge in [0.25, 0.3) is 0 Å². The number of hydrogen-bond donors (Lipinski definition) is 3. The number of hydrogen-bond acceptors (Lipinski definition) is 3. The van der Waals surface area contributed by atoms with Crippen LogP contribution in [-0.4, -0.2) is 30.8 Å². The highest BCUT2D eigenvalue weighted by atomic mass is 16.5. The van der Waals surface area contributed by atoms with Crippen molar-refractivity contribution in [1.29, 1.82) is 0 Å². The molecule has 0 aliphatic rings. The van der Waals surface area contributed by atoms with Gasteiger partial charge in [-0.3, -0.25) is 4.79 Å². The molecule has 1 aromatic carbocycles. The lowest BCUT2D eigenvalue weighted by Gasteiger charge is -2.09. The largest absolute Gasteiger partial charge is 0.497 e. The summed E-state index contributed by atoms with van der Waals surface area (Å²) in [7, 11) is 1.60. The van der Waals surface area contributed by atoms with Gasteiger partial charge in [-0.1, -0.05) is 6.07 Å². The molecule has 0 fully saturated rings. The zero-order valence-electron chi connectivity index (χ0n) is 11.7. The van der Waals surface area contributed by atoms with E-state index in [0.717, 1.165) is 16.9 Å². The normalized spacial score (nSPS) is 9.90. The maximum absolute atomic E-state index is 11.5. The van der Waals surface area contributed by atoms with Gasteiger partial charge in [-0.15, -0.1) is 0 Å². The Morgan fingerprint density at radius 2 is 2.00 bits per heavy atom. The fourth-order valence-corrected chi connectivity index (χ4v) is 1.73. The number of rotatable bonds is 7. The number of benzene rings is 1. The molecule has 0 heterocycles. The Kier molecular flexibility index (Phi) is 6.36. The van der Waals surface area contributed by atoms with E-state index in [1.165, 1.54) is 0 Å². The van der Waals surface area contributed by atoms with E-state index in [0.29, 0.717) is 19.5 Å². The predicted molar refractivity (Wildman–Crippen MR) is 74.8 cm³/mol. The van der Waals surface area contributed by atoms with Crippen molar-refractivity contribution < 1.29 is 19.4 Å². The van der Waals surface area contributed by atoms with Crippen LogP contribution in [0.5, 0.6) is 5.75 Å². The standard InChI is InChI=1S/C14H20N2O4/c1-10-6-11(8-12(7-10)20-2)9-16-14(19)15-5-3-4-13(17)18/h6-8H,3-5,9H2,1-2H3,(H,17,18)(H2,15,16,19). The Labute approximate surface area is 118 Å². The molecular formula is C14H20N2O4. The Morgan fingerprint density at radius 3 is 2.65 bits per heavy atom. The van der Waals surface area contributed by atoms with Gasteiger partial charge in [-0.05, 0) is 36.6 Å². The molecule has 1 rings (SSSR count). The summed E-state index contributed by atoms with van der Waals surface area (Å²) in [6.07, 6.45) is 0.469. The van der Waals surface area contributed by atoms with Crippen LogP contribution in [0.2, 0.25) is 0 Å². The molecule has 0 atom stereocenters. The van der Waals surface area contributed by atoms with Gasteiger partial charge in [-0.2, -0.15) is 0 Å². The molecule has 0 unspecified atom stereocenters. The summed E-state index contributed by atoms with van der Waals surface area (Å²) in [6, 6.07) is 5.43. The van der Waals surface area contributed by atoms with E-state index >= 15 is 0 Å². The molecule has 0 radical (unpaired) electrons. The van der Waals surface area contributed by atoms with Crippen LogP contribution in [-0.2, 0) is 11.3 Å². The molecule has 0 aliphatic heterocycles. The van der Waals surface area contributed by atoms with Gasteiger partial charge in [0, 0.05) is 19.5 Å². The van der Waals surface area contributed by atoms with Gasteiger partial charge in [0.15, 0.2) is 0 Å². The number of urea groups is 1. The Bertz CT molecular complexity index is 474. The smallest absolute Gasteiger partial charge is 0.315 e. The lowest BCUT2D eigenvalue weighted by molar-refractivity contribution is -0.137. The summed E-state index contributed by atoms with van der Waals surface area (Å²) in [5, 5.41) is 13.8. The number of carboxylic acids is 1. The molecule has 0 bridgehead atoms. The average Bonchev–Trinajstić information content (AvgIpc) is 2.40. The minimum Gasteiger partial charge on any atom is -0.497 e. The molecular weight excluding hydrogens is 260 g/mol. The second kappa shape index (κ2) is 8.04. The van der Waals surface area contributed by atoms with Crippen LogP contribution in [0.1, 0.15) is 24.0 Å². The Hall–Kier alpha value is -2.24. The molecule has 110 valence electrons. The second-order valence-corrected chi connectivity index (χ2v) is 4.47. The van der Waals surface area contributed by atoms with Crippen molar-refractivity contribution in [1.82, 2.24) is 10.6 Å². The lowest BCUT2D eigenvalue weighted by atomic mass is 10.1. The number of ether oxygens (including phenoxy) is 1. The molecule has 0 spiro atoms. The van der Waals surface area contributed by atoms with Crippen molar-refractivity contribution in [2.45, 2.75) is 26.3 Å². The summed E-state index contributed by atoms with van der Waals surface area (Å²) in [5.41, 5.74) is 2.01. The highest BCUT2D eigenvalue weighted by molar-refractivity contribution is 5.74. The van der Waals surface area contributed by atoms with Crippen molar-refractivity contribution in [2.75, 3.05) is 13.7 Å². The fraction of sp³-hybridized carbons (Fsp3) is 0.429. The molecule has 6 nitrogen and oxygen atoms in total. The summed E-state index contributed by atoms with van der Waals surface area (Å²) < 4.78 is 5.16. The van der Waals surface area contributed by atoms with Crippen LogP contribution in [0.15, 0.2) is 18.2 Å². The van der Waals surface area contributed by atoms with E-state index < -0.39 is 5.97 Å². The topological polar surface area (TPSA) is 87.7 Å². The predicted octanol–water partition coefficient (Wildman–Crippen LogP) is 1.67. The van der Waals surface area contributed by atoms with Gasteiger partial charge in [0.05, 0.1) is 7.11 Å². The Balaban J connectivity index is 2.33. The van der Waals surface area contributed by atoms with Crippen molar-refractivity contribution in [3.63, 3.8) is 0 Å². The molecule has 6 heteroatoms. The van der Waals surface area contributed by atoms with Gasteiger partial charge < -0.3 is 20.5 Å². The highest BCUT2D eigenvalue weighted by Crippen LogP contribution is 2.16. The number of methoxy groups -OCH3 is 1. The van der Waals surface area contributed by atoms with E-state index in [1.807, 2.05) is 25.1 Å². The third-order valence-corrected chi connectivity index (χ3v) is 2.65. The molecule has 1 aromatic rings. The van der Waals surface area contributed by atoms with Gasteiger partial charge in [0.1, 0.15) is 5.75 Å². The van der Waals surface area contributed by atoms with E-state index in [4.69, 9.17) is 9.84 Å². The van der Waals surface area contributed by atoms with E-state index in [1.54, 1.807) is 7.11 Å². The number of carboxylic acid groups (broad SMARTS) is 1. The quantitative estimate of drug-likeness (QED) is 0.663. The zero-order chi connectivity index (χ0) is 15.0. The second-order valence-electron chi connectivity index (χ2n) is 4.47. The van der Waals surface area contributed by atoms with Crippen LogP contribution < -0.4 is 15.4 Å². The first kappa shape index (κ1) is 15.8. The van der Waals surface area contributed by atoms with Crippen molar-refractivity contribution >= 4 is 12.0 Å². The molecule has 0 aromatic heterocycles. The summed E-state index contributed by atoms with van der Waals surface area (Å²) in [6.45, 7) is 2.69. The highest BCUT2D eigenvalue weighted by Gasteiger charge is 2.03. The SMILES string of the molecule is COc1cc(C)cc(CNC(=O)NCCCC(=O)O)c1. The monoisotopic (exact) mass is 280 g/mol. The molecule has 3 N–H and O–H groups in total. The summed E-state index contributed by atoms with van der Waals surface area (Å²) in [4.78, 5) is 21.8. The maximum Gasteiger partial charge on any atom is 0.315 e. The number of nitrogens with one attached hydrogen (secondary N) is 2. The van der Waals surface area contributed by atoms with Crippen LogP contribution in [0.25, 0.3) is 0 Å². The van der Waals surface area contributed by atoms with Crippen LogP contribution in [0.3, 0.4) is 0 Å². The minimum atomic E-state index is -0.862. The van der Waals surface area contributed by atoms with Gasteiger partial charge >= 0.3 is 12.0 Å². The zero-order valence-corrected chi connectivity index (χ0v) is 11.7. The molecule has 0 saturated carbocycles. The third kappa shape index (κ3) is 6.08. The molecule has 0 aliphatic carbocycles. The number of aryl methyl sites for hydroxylation is 1. The number of carbonyl (C=O) groups excluding carboxylic acids is 1. The first-order valence-corrected chi connectivity index (χ1v) is 6.39. The Morgan fingerprint density at radius 1 is 1.25 bits per heavy atom. The molecule has 0 saturated heterocycles. The fourth-order valence-electron chi connectivity index (χ4n) is 1.73. The van der Waals surface area contributed by atoms with Gasteiger partial charge in [0.2, 0.25) is 0 Å². The lowest BCUT2D eigenvalue weighted by Crippen LogP contribution is -2.35. The van der Waals surface area contributed by atoms with E-state index in [2.05, 4.69) is 10.6 Å². The molecule has 2 amide bonds. The van der Waals surface area contributed by atoms with E-state index in [-0.39, 0.29) is 12.5 Å².